The van der Waals surface area contributed by atoms with E-state index < -0.39 is 0 Å². The Bertz CT molecular complexity index is 682. The fourth-order valence-corrected chi connectivity index (χ4v) is 2.93. The first-order chi connectivity index (χ1) is 11.6. The SMILES string of the molecule is CC(C)(C)c1ccnc(N2[B]N(c3cc(C(C)(C)C)ccn3)CC2)c1. The van der Waals surface area contributed by atoms with E-state index in [0.29, 0.717) is 0 Å². The van der Waals surface area contributed by atoms with Crippen LogP contribution in [0.2, 0.25) is 0 Å². The van der Waals surface area contributed by atoms with Crippen LogP contribution in [0.4, 0.5) is 11.6 Å². The molecule has 3 rings (SSSR count). The second-order valence-electron chi connectivity index (χ2n) is 8.81. The fourth-order valence-electron chi connectivity index (χ4n) is 2.93. The Balaban J connectivity index is 1.79. The van der Waals surface area contributed by atoms with Crippen LogP contribution < -0.4 is 9.62 Å². The minimum absolute atomic E-state index is 0.125. The Morgan fingerprint density at radius 2 is 1.16 bits per heavy atom. The molecule has 1 aliphatic rings. The summed E-state index contributed by atoms with van der Waals surface area (Å²) in [4.78, 5) is 13.6. The summed E-state index contributed by atoms with van der Waals surface area (Å²) in [6.45, 7) is 15.2. The molecule has 0 saturated carbocycles. The molecule has 0 unspecified atom stereocenters. The summed E-state index contributed by atoms with van der Waals surface area (Å²) in [6.07, 6.45) is 3.82. The summed E-state index contributed by atoms with van der Waals surface area (Å²) in [7, 11) is 2.13. The van der Waals surface area contributed by atoms with Crippen LogP contribution in [0.1, 0.15) is 52.7 Å². The third kappa shape index (κ3) is 3.97. The maximum atomic E-state index is 4.57. The maximum absolute atomic E-state index is 4.57. The van der Waals surface area contributed by atoms with E-state index in [1.807, 2.05) is 12.4 Å². The summed E-state index contributed by atoms with van der Waals surface area (Å²) in [5.74, 6) is 2.00. The molecule has 1 fully saturated rings. The Hall–Kier alpha value is -2.04. The Morgan fingerprint density at radius 1 is 0.760 bits per heavy atom. The van der Waals surface area contributed by atoms with Gasteiger partial charge in [-0.05, 0) is 46.2 Å². The van der Waals surface area contributed by atoms with E-state index in [9.17, 15) is 0 Å². The predicted molar refractivity (Wildman–Crippen MR) is 106 cm³/mol. The van der Waals surface area contributed by atoms with Gasteiger partial charge >= 0.3 is 7.55 Å². The quantitative estimate of drug-likeness (QED) is 0.779. The highest BCUT2D eigenvalue weighted by atomic mass is 15.3. The highest BCUT2D eigenvalue weighted by molar-refractivity contribution is 6.47. The van der Waals surface area contributed by atoms with Crippen LogP contribution in [0.5, 0.6) is 0 Å². The lowest BCUT2D eigenvalue weighted by Crippen LogP contribution is -2.31. The van der Waals surface area contributed by atoms with Gasteiger partial charge in [0.15, 0.2) is 0 Å². The lowest BCUT2D eigenvalue weighted by atomic mass is 9.87. The molecule has 2 aromatic heterocycles. The Labute approximate surface area is 152 Å². The molecule has 2 aromatic rings. The molecule has 3 heterocycles. The van der Waals surface area contributed by atoms with Crippen molar-refractivity contribution >= 4 is 19.2 Å². The van der Waals surface area contributed by atoms with Crippen molar-refractivity contribution in [3.8, 4) is 0 Å². The summed E-state index contributed by atoms with van der Waals surface area (Å²) >= 11 is 0. The van der Waals surface area contributed by atoms with Crippen LogP contribution in [0, 0.1) is 0 Å². The van der Waals surface area contributed by atoms with E-state index in [1.165, 1.54) is 11.1 Å². The zero-order chi connectivity index (χ0) is 18.2. The minimum Gasteiger partial charge on any atom is -0.382 e. The number of anilines is 2. The van der Waals surface area contributed by atoms with Gasteiger partial charge in [-0.3, -0.25) is 0 Å². The van der Waals surface area contributed by atoms with Crippen molar-refractivity contribution in [1.29, 1.82) is 0 Å². The zero-order valence-electron chi connectivity index (χ0n) is 16.2. The molecule has 0 aromatic carbocycles. The van der Waals surface area contributed by atoms with Gasteiger partial charge in [-0.25, -0.2) is 9.97 Å². The van der Waals surface area contributed by atoms with Gasteiger partial charge in [0, 0.05) is 25.5 Å². The molecule has 131 valence electrons. The van der Waals surface area contributed by atoms with Crippen molar-refractivity contribution in [3.63, 3.8) is 0 Å². The predicted octanol–water partition coefficient (Wildman–Crippen LogP) is 3.93. The molecule has 0 aliphatic carbocycles. The molecule has 25 heavy (non-hydrogen) atoms. The van der Waals surface area contributed by atoms with E-state index in [1.54, 1.807) is 0 Å². The molecule has 1 saturated heterocycles. The number of rotatable bonds is 2. The van der Waals surface area contributed by atoms with Crippen molar-refractivity contribution < 1.29 is 0 Å². The summed E-state index contributed by atoms with van der Waals surface area (Å²) in [5, 5.41) is 0. The zero-order valence-corrected chi connectivity index (χ0v) is 16.2. The number of pyridine rings is 2. The van der Waals surface area contributed by atoms with Gasteiger partial charge in [0.1, 0.15) is 11.6 Å². The van der Waals surface area contributed by atoms with E-state index in [2.05, 4.69) is 92.9 Å². The third-order valence-corrected chi connectivity index (χ3v) is 4.67. The van der Waals surface area contributed by atoms with E-state index in [0.717, 1.165) is 24.7 Å². The summed E-state index contributed by atoms with van der Waals surface area (Å²) in [5.41, 5.74) is 2.86. The van der Waals surface area contributed by atoms with Crippen LogP contribution in [-0.2, 0) is 10.8 Å². The Kier molecular flexibility index (Phi) is 4.52. The molecule has 0 atom stereocenters. The van der Waals surface area contributed by atoms with Crippen LogP contribution in [0.3, 0.4) is 0 Å². The van der Waals surface area contributed by atoms with Crippen LogP contribution >= 0.6 is 0 Å². The molecule has 1 radical (unpaired) electrons. The van der Waals surface area contributed by atoms with E-state index >= 15 is 0 Å². The van der Waals surface area contributed by atoms with Gasteiger partial charge < -0.3 is 9.62 Å². The molecule has 1 aliphatic heterocycles. The van der Waals surface area contributed by atoms with Gasteiger partial charge in [0.2, 0.25) is 0 Å². The highest BCUT2D eigenvalue weighted by Crippen LogP contribution is 2.28. The maximum Gasteiger partial charge on any atom is 0.394 e. The average Bonchev–Trinajstić information content (AvgIpc) is 3.04. The van der Waals surface area contributed by atoms with Gasteiger partial charge in [0.05, 0.1) is 0 Å². The van der Waals surface area contributed by atoms with Gasteiger partial charge in [0.25, 0.3) is 0 Å². The van der Waals surface area contributed by atoms with E-state index in [-0.39, 0.29) is 10.8 Å². The van der Waals surface area contributed by atoms with Gasteiger partial charge in [-0.1, -0.05) is 41.5 Å². The molecule has 0 amide bonds. The molecule has 4 nitrogen and oxygen atoms in total. The summed E-state index contributed by atoms with van der Waals surface area (Å²) in [6, 6.07) is 8.59. The van der Waals surface area contributed by atoms with Crippen molar-refractivity contribution in [2.75, 3.05) is 22.7 Å². The number of hydrogen-bond donors (Lipinski definition) is 0. The van der Waals surface area contributed by atoms with Crippen molar-refractivity contribution in [3.05, 3.63) is 47.8 Å². The smallest absolute Gasteiger partial charge is 0.382 e. The van der Waals surface area contributed by atoms with Crippen molar-refractivity contribution in [2.45, 2.75) is 52.4 Å². The van der Waals surface area contributed by atoms with Crippen LogP contribution in [-0.4, -0.2) is 30.6 Å². The molecular weight excluding hydrogens is 307 g/mol. The number of hydrogen-bond acceptors (Lipinski definition) is 4. The second-order valence-corrected chi connectivity index (χ2v) is 8.81. The average molecular weight is 335 g/mol. The molecule has 0 N–H and O–H groups in total. The van der Waals surface area contributed by atoms with Crippen molar-refractivity contribution in [2.24, 2.45) is 0 Å². The first-order valence-corrected chi connectivity index (χ1v) is 8.96. The normalized spacial score (nSPS) is 15.4. The lowest BCUT2D eigenvalue weighted by molar-refractivity contribution is 0.589. The standard InChI is InChI=1S/C20H28BN4/c1-19(2,3)15-7-9-22-17(13-15)24-11-12-25(21-24)18-14-16(8-10-23-18)20(4,5)6/h7-10,13-14H,11-12H2,1-6H3. The minimum atomic E-state index is 0.125. The summed E-state index contributed by atoms with van der Waals surface area (Å²) < 4.78 is 0. The molecule has 5 heteroatoms. The number of nitrogens with zero attached hydrogens (tertiary/aromatic N) is 4. The third-order valence-electron chi connectivity index (χ3n) is 4.67. The first-order valence-electron chi connectivity index (χ1n) is 8.96. The lowest BCUT2D eigenvalue weighted by Gasteiger charge is -2.23. The second kappa shape index (κ2) is 6.36. The van der Waals surface area contributed by atoms with Crippen LogP contribution in [0.15, 0.2) is 36.7 Å². The van der Waals surface area contributed by atoms with Gasteiger partial charge in [-0.2, -0.15) is 0 Å². The fraction of sp³-hybridized carbons (Fsp3) is 0.500. The van der Waals surface area contributed by atoms with Gasteiger partial charge in [-0.15, -0.1) is 0 Å². The van der Waals surface area contributed by atoms with Crippen molar-refractivity contribution in [1.82, 2.24) is 9.97 Å². The monoisotopic (exact) mass is 335 g/mol. The molecular formula is C20H28BN4. The topological polar surface area (TPSA) is 32.3 Å². The number of aromatic nitrogens is 2. The highest BCUT2D eigenvalue weighted by Gasteiger charge is 2.27. The van der Waals surface area contributed by atoms with E-state index in [4.69, 9.17) is 0 Å². The molecule has 0 bridgehead atoms. The molecule has 0 spiro atoms. The largest absolute Gasteiger partial charge is 0.394 e. The first kappa shape index (κ1) is 17.8. The van der Waals surface area contributed by atoms with Crippen LogP contribution in [0.25, 0.3) is 0 Å². The Morgan fingerprint density at radius 3 is 1.52 bits per heavy atom.